The Bertz CT molecular complexity index is 327. The molecule has 0 aliphatic rings. The Morgan fingerprint density at radius 1 is 1.47 bits per heavy atom. The van der Waals surface area contributed by atoms with Crippen molar-refractivity contribution >= 4 is 27.5 Å². The van der Waals surface area contributed by atoms with Gasteiger partial charge in [0.05, 0.1) is 6.10 Å². The molecule has 2 unspecified atom stereocenters. The fourth-order valence-corrected chi connectivity index (χ4v) is 2.58. The summed E-state index contributed by atoms with van der Waals surface area (Å²) in [4.78, 5) is 0. The van der Waals surface area contributed by atoms with E-state index in [0.29, 0.717) is 5.02 Å². The molecule has 2 atom stereocenters. The zero-order valence-corrected chi connectivity index (χ0v) is 11.3. The summed E-state index contributed by atoms with van der Waals surface area (Å²) in [6.45, 7) is 4.19. The van der Waals surface area contributed by atoms with Crippen molar-refractivity contribution in [2.75, 3.05) is 0 Å². The first kappa shape index (κ1) is 13.0. The Labute approximate surface area is 105 Å². The molecule has 1 N–H and O–H groups in total. The number of benzene rings is 1. The Balaban J connectivity index is 2.86. The number of halogens is 2. The van der Waals surface area contributed by atoms with Gasteiger partial charge >= 0.3 is 0 Å². The zero-order chi connectivity index (χ0) is 11.4. The molecule has 0 amide bonds. The Kier molecular flexibility index (Phi) is 5.10. The number of aliphatic hydroxyl groups excluding tert-OH is 1. The first-order valence-electron chi connectivity index (χ1n) is 5.19. The fraction of sp³-hybridized carbons (Fsp3) is 0.500. The SMILES string of the molecule is CCCC(C)C(O)c1ccc(Cl)cc1Br. The van der Waals surface area contributed by atoms with Gasteiger partial charge in [-0.1, -0.05) is 53.9 Å². The summed E-state index contributed by atoms with van der Waals surface area (Å²) >= 11 is 9.27. The lowest BCUT2D eigenvalue weighted by molar-refractivity contribution is 0.111. The number of aliphatic hydroxyl groups is 1. The molecule has 84 valence electrons. The largest absolute Gasteiger partial charge is 0.388 e. The first-order chi connectivity index (χ1) is 7.06. The molecule has 0 aromatic heterocycles. The maximum absolute atomic E-state index is 10.1. The van der Waals surface area contributed by atoms with Gasteiger partial charge in [0.2, 0.25) is 0 Å². The van der Waals surface area contributed by atoms with Crippen molar-refractivity contribution in [3.63, 3.8) is 0 Å². The Morgan fingerprint density at radius 2 is 2.13 bits per heavy atom. The molecular weight excluding hydrogens is 275 g/mol. The molecular formula is C12H16BrClO. The molecule has 1 nitrogen and oxygen atoms in total. The van der Waals surface area contributed by atoms with Gasteiger partial charge in [-0.3, -0.25) is 0 Å². The minimum Gasteiger partial charge on any atom is -0.388 e. The lowest BCUT2D eigenvalue weighted by Gasteiger charge is -2.19. The number of hydrogen-bond acceptors (Lipinski definition) is 1. The second-order valence-electron chi connectivity index (χ2n) is 3.88. The van der Waals surface area contributed by atoms with E-state index in [2.05, 4.69) is 29.8 Å². The van der Waals surface area contributed by atoms with E-state index in [1.165, 1.54) is 0 Å². The average Bonchev–Trinajstić information content (AvgIpc) is 2.17. The van der Waals surface area contributed by atoms with E-state index in [9.17, 15) is 5.11 Å². The van der Waals surface area contributed by atoms with Crippen LogP contribution in [-0.4, -0.2) is 5.11 Å². The molecule has 0 bridgehead atoms. The minimum absolute atomic E-state index is 0.271. The molecule has 1 aromatic carbocycles. The third-order valence-corrected chi connectivity index (χ3v) is 3.49. The highest BCUT2D eigenvalue weighted by atomic mass is 79.9. The molecule has 15 heavy (non-hydrogen) atoms. The van der Waals surface area contributed by atoms with Gasteiger partial charge in [0, 0.05) is 9.50 Å². The van der Waals surface area contributed by atoms with Crippen LogP contribution in [0.1, 0.15) is 38.4 Å². The fourth-order valence-electron chi connectivity index (χ4n) is 1.66. The molecule has 3 heteroatoms. The van der Waals surface area contributed by atoms with E-state index >= 15 is 0 Å². The summed E-state index contributed by atoms with van der Waals surface area (Å²) in [5.74, 6) is 0.271. The van der Waals surface area contributed by atoms with Gasteiger partial charge in [0.15, 0.2) is 0 Å². The van der Waals surface area contributed by atoms with Crippen LogP contribution in [0.3, 0.4) is 0 Å². The zero-order valence-electron chi connectivity index (χ0n) is 9.00. The Morgan fingerprint density at radius 3 is 2.67 bits per heavy atom. The predicted molar refractivity (Wildman–Crippen MR) is 68.2 cm³/mol. The average molecular weight is 292 g/mol. The molecule has 0 heterocycles. The van der Waals surface area contributed by atoms with Gasteiger partial charge in [-0.15, -0.1) is 0 Å². The van der Waals surface area contributed by atoms with Gasteiger partial charge < -0.3 is 5.11 Å². The van der Waals surface area contributed by atoms with Crippen LogP contribution in [0.2, 0.25) is 5.02 Å². The van der Waals surface area contributed by atoms with Crippen LogP contribution < -0.4 is 0 Å². The molecule has 0 aliphatic heterocycles. The normalized spacial score (nSPS) is 15.0. The molecule has 0 spiro atoms. The Hall–Kier alpha value is -0.0500. The van der Waals surface area contributed by atoms with Crippen molar-refractivity contribution < 1.29 is 5.11 Å². The molecule has 0 fully saturated rings. The molecule has 0 radical (unpaired) electrons. The highest BCUT2D eigenvalue weighted by molar-refractivity contribution is 9.10. The van der Waals surface area contributed by atoms with E-state index in [-0.39, 0.29) is 5.92 Å². The highest BCUT2D eigenvalue weighted by Crippen LogP contribution is 2.32. The van der Waals surface area contributed by atoms with Gasteiger partial charge in [-0.05, 0) is 30.0 Å². The standard InChI is InChI=1S/C12H16BrClO/c1-3-4-8(2)12(15)10-6-5-9(14)7-11(10)13/h5-8,12,15H,3-4H2,1-2H3. The van der Waals surface area contributed by atoms with Gasteiger partial charge in [0.1, 0.15) is 0 Å². The minimum atomic E-state index is -0.420. The highest BCUT2D eigenvalue weighted by Gasteiger charge is 2.17. The van der Waals surface area contributed by atoms with Crippen LogP contribution in [0.5, 0.6) is 0 Å². The predicted octanol–water partition coefficient (Wildman–Crippen LogP) is 4.57. The topological polar surface area (TPSA) is 20.2 Å². The van der Waals surface area contributed by atoms with Crippen LogP contribution >= 0.6 is 27.5 Å². The van der Waals surface area contributed by atoms with Gasteiger partial charge in [-0.25, -0.2) is 0 Å². The van der Waals surface area contributed by atoms with Gasteiger partial charge in [-0.2, -0.15) is 0 Å². The molecule has 0 saturated heterocycles. The summed E-state index contributed by atoms with van der Waals surface area (Å²) in [5, 5.41) is 10.8. The molecule has 1 rings (SSSR count). The van der Waals surface area contributed by atoms with Crippen LogP contribution in [-0.2, 0) is 0 Å². The third kappa shape index (κ3) is 3.47. The molecule has 1 aromatic rings. The maximum atomic E-state index is 10.1. The summed E-state index contributed by atoms with van der Waals surface area (Å²) in [6.07, 6.45) is 1.69. The quantitative estimate of drug-likeness (QED) is 0.861. The van der Waals surface area contributed by atoms with Crippen molar-refractivity contribution in [3.8, 4) is 0 Å². The van der Waals surface area contributed by atoms with Crippen LogP contribution in [0.4, 0.5) is 0 Å². The number of hydrogen-bond donors (Lipinski definition) is 1. The molecule has 0 aliphatic carbocycles. The van der Waals surface area contributed by atoms with Crippen LogP contribution in [0.25, 0.3) is 0 Å². The summed E-state index contributed by atoms with van der Waals surface area (Å²) in [6, 6.07) is 5.51. The van der Waals surface area contributed by atoms with E-state index in [4.69, 9.17) is 11.6 Å². The third-order valence-electron chi connectivity index (χ3n) is 2.56. The van der Waals surface area contributed by atoms with Crippen molar-refractivity contribution in [1.29, 1.82) is 0 Å². The van der Waals surface area contributed by atoms with Crippen molar-refractivity contribution in [2.45, 2.75) is 32.8 Å². The monoisotopic (exact) mass is 290 g/mol. The van der Waals surface area contributed by atoms with Crippen LogP contribution in [0.15, 0.2) is 22.7 Å². The van der Waals surface area contributed by atoms with Crippen molar-refractivity contribution in [2.24, 2.45) is 5.92 Å². The lowest BCUT2D eigenvalue weighted by Crippen LogP contribution is -2.09. The number of rotatable bonds is 4. The first-order valence-corrected chi connectivity index (χ1v) is 6.36. The van der Waals surface area contributed by atoms with Crippen LogP contribution in [0, 0.1) is 5.92 Å². The van der Waals surface area contributed by atoms with Crippen molar-refractivity contribution in [1.82, 2.24) is 0 Å². The van der Waals surface area contributed by atoms with Gasteiger partial charge in [0.25, 0.3) is 0 Å². The summed E-state index contributed by atoms with van der Waals surface area (Å²) in [5.41, 5.74) is 0.917. The second-order valence-corrected chi connectivity index (χ2v) is 5.17. The van der Waals surface area contributed by atoms with E-state index < -0.39 is 6.10 Å². The summed E-state index contributed by atoms with van der Waals surface area (Å²) in [7, 11) is 0. The van der Waals surface area contributed by atoms with E-state index in [1.807, 2.05) is 18.2 Å². The lowest BCUT2D eigenvalue weighted by atomic mass is 9.94. The molecule has 0 saturated carbocycles. The maximum Gasteiger partial charge on any atom is 0.0826 e. The smallest absolute Gasteiger partial charge is 0.0826 e. The van der Waals surface area contributed by atoms with Crippen molar-refractivity contribution in [3.05, 3.63) is 33.3 Å². The second kappa shape index (κ2) is 5.88. The van der Waals surface area contributed by atoms with E-state index in [0.717, 1.165) is 22.9 Å². The summed E-state index contributed by atoms with van der Waals surface area (Å²) < 4.78 is 0.880. The van der Waals surface area contributed by atoms with E-state index in [1.54, 1.807) is 0 Å².